The Labute approximate surface area is 195 Å². The van der Waals surface area contributed by atoms with Gasteiger partial charge in [0, 0.05) is 24.5 Å². The van der Waals surface area contributed by atoms with Gasteiger partial charge in [-0.1, -0.05) is 37.6 Å². The fourth-order valence-corrected chi connectivity index (χ4v) is 3.43. The first-order chi connectivity index (χ1) is 15.5. The Bertz CT molecular complexity index is 840. The molecule has 2 rings (SSSR count). The number of rotatable bonds is 13. The first kappa shape index (κ1) is 25.5. The van der Waals surface area contributed by atoms with Gasteiger partial charge in [0.1, 0.15) is 17.5 Å². The Morgan fingerprint density at radius 2 is 1.69 bits per heavy atom. The van der Waals surface area contributed by atoms with E-state index in [4.69, 9.17) is 21.1 Å². The molecule has 0 radical (unpaired) electrons. The van der Waals surface area contributed by atoms with Crippen LogP contribution in [0.1, 0.15) is 45.1 Å². The standard InChI is InChI=1S/C25H33ClN2O4/c1-4-16-27-25(30)23(5-2)28(18-19-8-10-20(26)11-9-19)24(29)7-6-17-32-22-14-12-21(31-3)13-15-22/h8-15,23H,4-7,16-18H2,1-3H3,(H,27,30)/t23-/m0/s1. The predicted octanol–water partition coefficient (Wildman–Crippen LogP) is 4.84. The Morgan fingerprint density at radius 3 is 2.28 bits per heavy atom. The number of hydrogen-bond acceptors (Lipinski definition) is 4. The Hall–Kier alpha value is -2.73. The third-order valence-electron chi connectivity index (χ3n) is 5.06. The van der Waals surface area contributed by atoms with Crippen molar-refractivity contribution in [3.05, 3.63) is 59.1 Å². The Balaban J connectivity index is 2.01. The third kappa shape index (κ3) is 8.08. The largest absolute Gasteiger partial charge is 0.497 e. The summed E-state index contributed by atoms with van der Waals surface area (Å²) in [5.74, 6) is 1.29. The molecule has 2 aromatic rings. The SMILES string of the molecule is CCCNC(=O)[C@H](CC)N(Cc1ccc(Cl)cc1)C(=O)CCCOc1ccc(OC)cc1. The highest BCUT2D eigenvalue weighted by molar-refractivity contribution is 6.30. The second-order valence-electron chi connectivity index (χ2n) is 7.49. The lowest BCUT2D eigenvalue weighted by Gasteiger charge is -2.30. The van der Waals surface area contributed by atoms with E-state index in [1.54, 1.807) is 24.1 Å². The van der Waals surface area contributed by atoms with Gasteiger partial charge in [-0.2, -0.15) is 0 Å². The predicted molar refractivity (Wildman–Crippen MR) is 127 cm³/mol. The Morgan fingerprint density at radius 1 is 1.03 bits per heavy atom. The molecule has 2 aromatic carbocycles. The summed E-state index contributed by atoms with van der Waals surface area (Å²) < 4.78 is 10.9. The molecule has 0 saturated heterocycles. The summed E-state index contributed by atoms with van der Waals surface area (Å²) >= 11 is 5.99. The molecule has 0 spiro atoms. The number of nitrogens with zero attached hydrogens (tertiary/aromatic N) is 1. The molecule has 7 heteroatoms. The van der Waals surface area contributed by atoms with Crippen LogP contribution < -0.4 is 14.8 Å². The summed E-state index contributed by atoms with van der Waals surface area (Å²) in [7, 11) is 1.61. The van der Waals surface area contributed by atoms with Crippen molar-refractivity contribution in [2.24, 2.45) is 0 Å². The van der Waals surface area contributed by atoms with Crippen LogP contribution in [0.15, 0.2) is 48.5 Å². The van der Waals surface area contributed by atoms with E-state index in [1.807, 2.05) is 50.2 Å². The van der Waals surface area contributed by atoms with Crippen LogP contribution >= 0.6 is 11.6 Å². The van der Waals surface area contributed by atoms with Crippen LogP contribution in [0.4, 0.5) is 0 Å². The summed E-state index contributed by atoms with van der Waals surface area (Å²) in [5.41, 5.74) is 0.930. The number of amides is 2. The molecular weight excluding hydrogens is 428 g/mol. The van der Waals surface area contributed by atoms with Crippen LogP contribution in [0.2, 0.25) is 5.02 Å². The normalized spacial score (nSPS) is 11.5. The quantitative estimate of drug-likeness (QED) is 0.434. The maximum absolute atomic E-state index is 13.1. The lowest BCUT2D eigenvalue weighted by molar-refractivity contribution is -0.141. The van der Waals surface area contributed by atoms with Crippen LogP contribution in [0.3, 0.4) is 0 Å². The van der Waals surface area contributed by atoms with Crippen molar-refractivity contribution >= 4 is 23.4 Å². The lowest BCUT2D eigenvalue weighted by Crippen LogP contribution is -2.49. The minimum Gasteiger partial charge on any atom is -0.497 e. The van der Waals surface area contributed by atoms with Crippen molar-refractivity contribution in [2.75, 3.05) is 20.3 Å². The molecule has 6 nitrogen and oxygen atoms in total. The molecule has 0 aliphatic heterocycles. The number of hydrogen-bond donors (Lipinski definition) is 1. The minimum absolute atomic E-state index is 0.0724. The van der Waals surface area contributed by atoms with Crippen molar-refractivity contribution in [1.29, 1.82) is 0 Å². The molecule has 0 aromatic heterocycles. The summed E-state index contributed by atoms with van der Waals surface area (Å²) in [6, 6.07) is 14.1. The molecule has 0 aliphatic rings. The van der Waals surface area contributed by atoms with E-state index in [1.165, 1.54) is 0 Å². The molecule has 0 aliphatic carbocycles. The third-order valence-corrected chi connectivity index (χ3v) is 5.32. The van der Waals surface area contributed by atoms with Crippen LogP contribution in [0.5, 0.6) is 11.5 Å². The van der Waals surface area contributed by atoms with E-state index >= 15 is 0 Å². The second-order valence-corrected chi connectivity index (χ2v) is 7.93. The van der Waals surface area contributed by atoms with Crippen molar-refractivity contribution < 1.29 is 19.1 Å². The average molecular weight is 461 g/mol. The fourth-order valence-electron chi connectivity index (χ4n) is 3.30. The van der Waals surface area contributed by atoms with Gasteiger partial charge in [0.25, 0.3) is 0 Å². The van der Waals surface area contributed by atoms with Gasteiger partial charge in [-0.05, 0) is 61.2 Å². The molecule has 0 fully saturated rings. The van der Waals surface area contributed by atoms with E-state index in [0.29, 0.717) is 44.0 Å². The van der Waals surface area contributed by atoms with Gasteiger partial charge >= 0.3 is 0 Å². The average Bonchev–Trinajstić information content (AvgIpc) is 2.81. The zero-order valence-electron chi connectivity index (χ0n) is 19.1. The van der Waals surface area contributed by atoms with E-state index in [0.717, 1.165) is 23.5 Å². The molecular formula is C25H33ClN2O4. The molecule has 0 saturated carbocycles. The minimum atomic E-state index is -0.521. The van der Waals surface area contributed by atoms with Gasteiger partial charge < -0.3 is 19.7 Å². The molecule has 1 atom stereocenters. The maximum Gasteiger partial charge on any atom is 0.242 e. The number of methoxy groups -OCH3 is 1. The fraction of sp³-hybridized carbons (Fsp3) is 0.440. The summed E-state index contributed by atoms with van der Waals surface area (Å²) in [6.45, 7) is 5.28. The van der Waals surface area contributed by atoms with Crippen molar-refractivity contribution in [3.63, 3.8) is 0 Å². The van der Waals surface area contributed by atoms with Crippen LogP contribution in [0.25, 0.3) is 0 Å². The molecule has 0 bridgehead atoms. The highest BCUT2D eigenvalue weighted by Gasteiger charge is 2.28. The summed E-state index contributed by atoms with van der Waals surface area (Å²) in [4.78, 5) is 27.5. The van der Waals surface area contributed by atoms with Gasteiger partial charge in [0.2, 0.25) is 11.8 Å². The highest BCUT2D eigenvalue weighted by atomic mass is 35.5. The van der Waals surface area contributed by atoms with E-state index in [9.17, 15) is 9.59 Å². The number of nitrogens with one attached hydrogen (secondary N) is 1. The van der Waals surface area contributed by atoms with E-state index in [-0.39, 0.29) is 11.8 Å². The number of benzene rings is 2. The molecule has 32 heavy (non-hydrogen) atoms. The molecule has 0 unspecified atom stereocenters. The second kappa shape index (κ2) is 13.6. The number of ether oxygens (including phenoxy) is 2. The molecule has 1 N–H and O–H groups in total. The van der Waals surface area contributed by atoms with E-state index in [2.05, 4.69) is 5.32 Å². The summed E-state index contributed by atoms with van der Waals surface area (Å²) in [5, 5.41) is 3.56. The summed E-state index contributed by atoms with van der Waals surface area (Å²) in [6.07, 6.45) is 2.23. The zero-order chi connectivity index (χ0) is 23.3. The zero-order valence-corrected chi connectivity index (χ0v) is 19.9. The smallest absolute Gasteiger partial charge is 0.242 e. The van der Waals surface area contributed by atoms with E-state index < -0.39 is 6.04 Å². The van der Waals surface area contributed by atoms with Gasteiger partial charge in [0.15, 0.2) is 0 Å². The van der Waals surface area contributed by atoms with Crippen LogP contribution in [-0.4, -0.2) is 43.0 Å². The molecule has 0 heterocycles. The first-order valence-corrected chi connectivity index (χ1v) is 11.4. The van der Waals surface area contributed by atoms with Crippen molar-refractivity contribution in [2.45, 2.75) is 52.1 Å². The van der Waals surface area contributed by atoms with Crippen molar-refractivity contribution in [1.82, 2.24) is 10.2 Å². The van der Waals surface area contributed by atoms with Crippen LogP contribution in [0, 0.1) is 0 Å². The van der Waals surface area contributed by atoms with Gasteiger partial charge in [0.05, 0.1) is 13.7 Å². The molecule has 2 amide bonds. The number of carbonyl (C=O) groups excluding carboxylic acids is 2. The number of carbonyl (C=O) groups is 2. The topological polar surface area (TPSA) is 67.9 Å². The van der Waals surface area contributed by atoms with Gasteiger partial charge in [-0.25, -0.2) is 0 Å². The Kier molecular flexibility index (Phi) is 10.9. The maximum atomic E-state index is 13.1. The monoisotopic (exact) mass is 460 g/mol. The van der Waals surface area contributed by atoms with Gasteiger partial charge in [-0.3, -0.25) is 9.59 Å². The first-order valence-electron chi connectivity index (χ1n) is 11.1. The highest BCUT2D eigenvalue weighted by Crippen LogP contribution is 2.19. The van der Waals surface area contributed by atoms with Gasteiger partial charge in [-0.15, -0.1) is 0 Å². The lowest BCUT2D eigenvalue weighted by atomic mass is 10.1. The number of halogens is 1. The van der Waals surface area contributed by atoms with Crippen molar-refractivity contribution in [3.8, 4) is 11.5 Å². The van der Waals surface area contributed by atoms with Crippen LogP contribution in [-0.2, 0) is 16.1 Å². The molecule has 174 valence electrons.